The first-order chi connectivity index (χ1) is 16.3. The summed E-state index contributed by atoms with van der Waals surface area (Å²) in [6, 6.07) is 12.0. The number of sulfone groups is 1. The van der Waals surface area contributed by atoms with Gasteiger partial charge >= 0.3 is 6.09 Å². The molecule has 0 N–H and O–H groups in total. The van der Waals surface area contributed by atoms with E-state index in [4.69, 9.17) is 21.1 Å². The second kappa shape index (κ2) is 11.2. The Morgan fingerprint density at radius 1 is 1.11 bits per heavy atom. The molecule has 0 radical (unpaired) electrons. The standard InChI is InChI=1S/C26H35ClN2O5S/c1-19-6-7-21(27)16-20(19)12-13-28-14-15-29(25(30)34-26(2,3)4)22(17-28)18-33-23-8-10-24(11-9-23)35(5,31)32/h6-11,16,22H,12-15,17-18H2,1-5H3/t22-/m0/s1. The first kappa shape index (κ1) is 27.3. The Hall–Kier alpha value is -2.29. The number of aryl methyl sites for hydroxylation is 1. The zero-order valence-electron chi connectivity index (χ0n) is 21.1. The van der Waals surface area contributed by atoms with Gasteiger partial charge in [-0.05, 0) is 81.6 Å². The minimum atomic E-state index is -3.27. The molecule has 0 unspecified atom stereocenters. The molecule has 9 heteroatoms. The fraction of sp³-hybridized carbons (Fsp3) is 0.500. The summed E-state index contributed by atoms with van der Waals surface area (Å²) in [4.78, 5) is 17.2. The molecule has 1 fully saturated rings. The van der Waals surface area contributed by atoms with Crippen LogP contribution in [0, 0.1) is 6.92 Å². The van der Waals surface area contributed by atoms with E-state index in [0.29, 0.717) is 18.8 Å². The molecule has 35 heavy (non-hydrogen) atoms. The molecule has 1 saturated heterocycles. The van der Waals surface area contributed by atoms with Crippen molar-refractivity contribution in [3.05, 3.63) is 58.6 Å². The lowest BCUT2D eigenvalue weighted by atomic mass is 10.0. The number of carbonyl (C=O) groups is 1. The van der Waals surface area contributed by atoms with Crippen molar-refractivity contribution in [2.24, 2.45) is 0 Å². The van der Waals surface area contributed by atoms with Gasteiger partial charge < -0.3 is 9.47 Å². The van der Waals surface area contributed by atoms with E-state index in [1.807, 2.05) is 39.0 Å². The highest BCUT2D eigenvalue weighted by molar-refractivity contribution is 7.90. The molecular formula is C26H35ClN2O5S. The van der Waals surface area contributed by atoms with Crippen LogP contribution in [0.1, 0.15) is 31.9 Å². The zero-order valence-corrected chi connectivity index (χ0v) is 22.7. The van der Waals surface area contributed by atoms with Crippen molar-refractivity contribution in [3.8, 4) is 5.75 Å². The number of benzene rings is 2. The first-order valence-corrected chi connectivity index (χ1v) is 14.0. The van der Waals surface area contributed by atoms with Gasteiger partial charge in [0.2, 0.25) is 0 Å². The molecule has 2 aromatic carbocycles. The fourth-order valence-electron chi connectivity index (χ4n) is 3.99. The fourth-order valence-corrected chi connectivity index (χ4v) is 4.81. The third kappa shape index (κ3) is 8.12. The molecule has 0 saturated carbocycles. The van der Waals surface area contributed by atoms with E-state index in [9.17, 15) is 13.2 Å². The van der Waals surface area contributed by atoms with E-state index in [1.165, 1.54) is 29.5 Å². The maximum atomic E-state index is 12.9. The third-order valence-electron chi connectivity index (χ3n) is 5.90. The van der Waals surface area contributed by atoms with Gasteiger partial charge in [-0.3, -0.25) is 9.80 Å². The van der Waals surface area contributed by atoms with Gasteiger partial charge in [0.05, 0.1) is 10.9 Å². The number of ether oxygens (including phenoxy) is 2. The number of carbonyl (C=O) groups excluding carboxylic acids is 1. The molecule has 1 atom stereocenters. The van der Waals surface area contributed by atoms with Crippen LogP contribution in [0.15, 0.2) is 47.4 Å². The van der Waals surface area contributed by atoms with Crippen molar-refractivity contribution < 1.29 is 22.7 Å². The number of hydrogen-bond acceptors (Lipinski definition) is 6. The van der Waals surface area contributed by atoms with Crippen molar-refractivity contribution in [1.29, 1.82) is 0 Å². The van der Waals surface area contributed by atoms with E-state index in [-0.39, 0.29) is 23.6 Å². The Labute approximate surface area is 213 Å². The van der Waals surface area contributed by atoms with Crippen molar-refractivity contribution in [2.45, 2.75) is 50.7 Å². The highest BCUT2D eigenvalue weighted by Gasteiger charge is 2.33. The molecule has 7 nitrogen and oxygen atoms in total. The molecule has 0 aliphatic carbocycles. The quantitative estimate of drug-likeness (QED) is 0.529. The average Bonchev–Trinajstić information content (AvgIpc) is 2.77. The van der Waals surface area contributed by atoms with Crippen LogP contribution in [0.2, 0.25) is 5.02 Å². The Morgan fingerprint density at radius 2 is 1.80 bits per heavy atom. The summed E-state index contributed by atoms with van der Waals surface area (Å²) in [5.41, 5.74) is 1.83. The average molecular weight is 523 g/mol. The van der Waals surface area contributed by atoms with Crippen LogP contribution >= 0.6 is 11.6 Å². The number of piperazine rings is 1. The second-order valence-corrected chi connectivity index (χ2v) is 12.5. The maximum absolute atomic E-state index is 12.9. The van der Waals surface area contributed by atoms with Crippen LogP contribution in [0.3, 0.4) is 0 Å². The minimum absolute atomic E-state index is 0.214. The summed E-state index contributed by atoms with van der Waals surface area (Å²) < 4.78 is 35.0. The number of amides is 1. The topological polar surface area (TPSA) is 76.2 Å². The van der Waals surface area contributed by atoms with Gasteiger partial charge in [0.25, 0.3) is 0 Å². The number of nitrogens with zero attached hydrogens (tertiary/aromatic N) is 2. The van der Waals surface area contributed by atoms with Crippen LogP contribution in [0.4, 0.5) is 4.79 Å². The van der Waals surface area contributed by atoms with E-state index in [2.05, 4.69) is 11.8 Å². The summed E-state index contributed by atoms with van der Waals surface area (Å²) >= 11 is 6.18. The summed E-state index contributed by atoms with van der Waals surface area (Å²) in [6.45, 7) is 10.6. The van der Waals surface area contributed by atoms with E-state index in [0.717, 1.165) is 24.5 Å². The van der Waals surface area contributed by atoms with Gasteiger partial charge in [-0.2, -0.15) is 0 Å². The monoisotopic (exact) mass is 522 g/mol. The Balaban J connectivity index is 1.68. The second-order valence-electron chi connectivity index (χ2n) is 10.0. The van der Waals surface area contributed by atoms with Crippen LogP contribution in [-0.2, 0) is 21.0 Å². The van der Waals surface area contributed by atoms with Gasteiger partial charge in [-0.25, -0.2) is 13.2 Å². The number of halogens is 1. The molecule has 1 aliphatic heterocycles. The van der Waals surface area contributed by atoms with Crippen LogP contribution < -0.4 is 4.74 Å². The van der Waals surface area contributed by atoms with Crippen molar-refractivity contribution in [3.63, 3.8) is 0 Å². The first-order valence-electron chi connectivity index (χ1n) is 11.7. The van der Waals surface area contributed by atoms with Crippen LogP contribution in [0.5, 0.6) is 5.75 Å². The van der Waals surface area contributed by atoms with Gasteiger partial charge in [0.1, 0.15) is 18.0 Å². The predicted molar refractivity (Wildman–Crippen MR) is 138 cm³/mol. The molecule has 1 amide bonds. The maximum Gasteiger partial charge on any atom is 0.410 e. The van der Waals surface area contributed by atoms with Crippen molar-refractivity contribution in [2.75, 3.05) is 39.0 Å². The lowest BCUT2D eigenvalue weighted by molar-refractivity contribution is -0.00916. The molecule has 1 heterocycles. The van der Waals surface area contributed by atoms with Crippen LogP contribution in [-0.4, -0.2) is 75.0 Å². The van der Waals surface area contributed by atoms with Crippen LogP contribution in [0.25, 0.3) is 0 Å². The summed E-state index contributed by atoms with van der Waals surface area (Å²) in [5.74, 6) is 0.549. The van der Waals surface area contributed by atoms with E-state index >= 15 is 0 Å². The number of hydrogen-bond donors (Lipinski definition) is 0. The molecule has 2 aromatic rings. The Morgan fingerprint density at radius 3 is 2.43 bits per heavy atom. The molecule has 0 bridgehead atoms. The summed E-state index contributed by atoms with van der Waals surface area (Å²) in [5, 5.41) is 0.730. The van der Waals surface area contributed by atoms with E-state index < -0.39 is 15.4 Å². The molecule has 0 spiro atoms. The lowest BCUT2D eigenvalue weighted by Crippen LogP contribution is -2.58. The normalized spacial score (nSPS) is 17.3. The highest BCUT2D eigenvalue weighted by Crippen LogP contribution is 2.21. The van der Waals surface area contributed by atoms with Gasteiger partial charge in [0, 0.05) is 37.5 Å². The molecule has 1 aliphatic rings. The summed E-state index contributed by atoms with van der Waals surface area (Å²) in [6.07, 6.45) is 1.67. The molecule has 3 rings (SSSR count). The van der Waals surface area contributed by atoms with Crippen molar-refractivity contribution >= 4 is 27.5 Å². The zero-order chi connectivity index (χ0) is 25.8. The highest BCUT2D eigenvalue weighted by atomic mass is 35.5. The van der Waals surface area contributed by atoms with Gasteiger partial charge in [-0.1, -0.05) is 17.7 Å². The largest absolute Gasteiger partial charge is 0.491 e. The van der Waals surface area contributed by atoms with E-state index in [1.54, 1.807) is 17.0 Å². The SMILES string of the molecule is Cc1ccc(Cl)cc1CCN1CCN(C(=O)OC(C)(C)C)[C@H](COc2ccc(S(C)(=O)=O)cc2)C1. The third-order valence-corrected chi connectivity index (χ3v) is 7.26. The Bertz CT molecular complexity index is 1130. The minimum Gasteiger partial charge on any atom is -0.491 e. The molecule has 0 aromatic heterocycles. The lowest BCUT2D eigenvalue weighted by Gasteiger charge is -2.41. The van der Waals surface area contributed by atoms with Crippen molar-refractivity contribution in [1.82, 2.24) is 9.80 Å². The molecular weight excluding hydrogens is 488 g/mol. The Kier molecular flexibility index (Phi) is 8.72. The van der Waals surface area contributed by atoms with Gasteiger partial charge in [-0.15, -0.1) is 0 Å². The summed E-state index contributed by atoms with van der Waals surface area (Å²) in [7, 11) is -3.27. The molecule has 192 valence electrons. The smallest absolute Gasteiger partial charge is 0.410 e. The van der Waals surface area contributed by atoms with Gasteiger partial charge in [0.15, 0.2) is 9.84 Å². The number of rotatable bonds is 7. The predicted octanol–water partition coefficient (Wildman–Crippen LogP) is 4.59.